The number of benzene rings is 1. The molecule has 0 atom stereocenters. The van der Waals surface area contributed by atoms with E-state index in [1.165, 1.54) is 11.3 Å². The maximum absolute atomic E-state index is 12.8. The first-order chi connectivity index (χ1) is 14.6. The summed E-state index contributed by atoms with van der Waals surface area (Å²) >= 11 is 1.34. The minimum atomic E-state index is -0.239. The molecule has 1 fully saturated rings. The van der Waals surface area contributed by atoms with Gasteiger partial charge < -0.3 is 15.5 Å². The molecule has 2 aromatic rings. The van der Waals surface area contributed by atoms with Gasteiger partial charge in [0.25, 0.3) is 0 Å². The molecule has 3 rings (SSSR count). The third-order valence-corrected chi connectivity index (χ3v) is 5.91. The summed E-state index contributed by atoms with van der Waals surface area (Å²) < 4.78 is 0. The lowest BCUT2D eigenvalue weighted by Gasteiger charge is -2.28. The maximum atomic E-state index is 12.8. The van der Waals surface area contributed by atoms with E-state index in [4.69, 9.17) is 0 Å². The van der Waals surface area contributed by atoms with Crippen LogP contribution in [0.15, 0.2) is 41.9 Å². The van der Waals surface area contributed by atoms with E-state index in [1.54, 1.807) is 16.5 Å². The van der Waals surface area contributed by atoms with E-state index in [9.17, 15) is 14.4 Å². The van der Waals surface area contributed by atoms with Crippen LogP contribution in [-0.4, -0.2) is 46.7 Å². The van der Waals surface area contributed by atoms with E-state index in [2.05, 4.69) is 15.6 Å². The smallest absolute Gasteiger partial charge is 0.239 e. The van der Waals surface area contributed by atoms with E-state index < -0.39 is 0 Å². The topological polar surface area (TPSA) is 91.4 Å². The molecule has 30 heavy (non-hydrogen) atoms. The van der Waals surface area contributed by atoms with Gasteiger partial charge in [-0.15, -0.1) is 11.3 Å². The first-order valence-electron chi connectivity index (χ1n) is 10.4. The van der Waals surface area contributed by atoms with Gasteiger partial charge in [0.05, 0.1) is 6.54 Å². The predicted octanol–water partition coefficient (Wildman–Crippen LogP) is 2.99. The lowest BCUT2D eigenvalue weighted by Crippen LogP contribution is -2.46. The largest absolute Gasteiger partial charge is 0.354 e. The van der Waals surface area contributed by atoms with Crippen molar-refractivity contribution in [3.8, 4) is 0 Å². The molecule has 1 aliphatic rings. The van der Waals surface area contributed by atoms with Crippen LogP contribution < -0.4 is 10.6 Å². The standard InChI is InChI=1S/C22H28N4O3S/c27-19(25-22-24-14-15-30-22)10-11-21(29)26(18-8-4-5-9-18)16-20(28)23-13-12-17-6-2-1-3-7-17/h1-3,6-7,14-15,18H,4-5,8-13,16H2,(H,23,28)(H,24,25,27). The molecule has 1 heterocycles. The number of carbonyl (C=O) groups excluding carboxylic acids is 3. The molecule has 7 nitrogen and oxygen atoms in total. The minimum absolute atomic E-state index is 0.0480. The first-order valence-corrected chi connectivity index (χ1v) is 11.3. The number of carbonyl (C=O) groups is 3. The van der Waals surface area contributed by atoms with E-state index >= 15 is 0 Å². The number of anilines is 1. The van der Waals surface area contributed by atoms with Gasteiger partial charge in [0.1, 0.15) is 0 Å². The molecule has 1 saturated carbocycles. The number of hydrogen-bond donors (Lipinski definition) is 2. The van der Waals surface area contributed by atoms with Crippen molar-refractivity contribution in [2.75, 3.05) is 18.4 Å². The Kier molecular flexibility index (Phi) is 8.38. The average Bonchev–Trinajstić information content (AvgIpc) is 3.45. The molecule has 0 aliphatic heterocycles. The summed E-state index contributed by atoms with van der Waals surface area (Å²) in [5.41, 5.74) is 1.16. The second kappa shape index (κ2) is 11.4. The molecule has 0 unspecified atom stereocenters. The zero-order valence-corrected chi connectivity index (χ0v) is 17.8. The van der Waals surface area contributed by atoms with Crippen molar-refractivity contribution in [1.82, 2.24) is 15.2 Å². The van der Waals surface area contributed by atoms with Crippen LogP contribution in [0.1, 0.15) is 44.1 Å². The summed E-state index contributed by atoms with van der Waals surface area (Å²) in [7, 11) is 0. The van der Waals surface area contributed by atoms with Gasteiger partial charge in [-0.2, -0.15) is 0 Å². The summed E-state index contributed by atoms with van der Waals surface area (Å²) in [6.45, 7) is 0.582. The maximum Gasteiger partial charge on any atom is 0.239 e. The predicted molar refractivity (Wildman–Crippen MR) is 117 cm³/mol. The Morgan fingerprint density at radius 2 is 1.83 bits per heavy atom. The Morgan fingerprint density at radius 1 is 1.07 bits per heavy atom. The van der Waals surface area contributed by atoms with Crippen molar-refractivity contribution in [2.45, 2.75) is 51.0 Å². The molecule has 1 aliphatic carbocycles. The van der Waals surface area contributed by atoms with Gasteiger partial charge in [-0.25, -0.2) is 4.98 Å². The highest BCUT2D eigenvalue weighted by molar-refractivity contribution is 7.13. The number of nitrogens with zero attached hydrogens (tertiary/aromatic N) is 2. The lowest BCUT2D eigenvalue weighted by molar-refractivity contribution is -0.139. The van der Waals surface area contributed by atoms with Crippen LogP contribution in [0.5, 0.6) is 0 Å². The second-order valence-electron chi connectivity index (χ2n) is 7.43. The van der Waals surface area contributed by atoms with Crippen molar-refractivity contribution in [3.63, 3.8) is 0 Å². The fourth-order valence-electron chi connectivity index (χ4n) is 3.67. The van der Waals surface area contributed by atoms with Crippen LogP contribution in [-0.2, 0) is 20.8 Å². The summed E-state index contributed by atoms with van der Waals surface area (Å²) in [6.07, 6.45) is 6.48. The molecule has 0 spiro atoms. The normalized spacial score (nSPS) is 13.7. The molecule has 160 valence electrons. The Balaban J connectivity index is 1.47. The molecule has 0 radical (unpaired) electrons. The van der Waals surface area contributed by atoms with Crippen LogP contribution in [0.25, 0.3) is 0 Å². The fourth-order valence-corrected chi connectivity index (χ4v) is 4.21. The number of thiazole rings is 1. The minimum Gasteiger partial charge on any atom is -0.354 e. The molecule has 0 bridgehead atoms. The molecule has 1 aromatic heterocycles. The van der Waals surface area contributed by atoms with Gasteiger partial charge in [-0.3, -0.25) is 14.4 Å². The highest BCUT2D eigenvalue weighted by Gasteiger charge is 2.28. The monoisotopic (exact) mass is 428 g/mol. The number of hydrogen-bond acceptors (Lipinski definition) is 5. The zero-order chi connectivity index (χ0) is 21.2. The Labute approximate surface area is 180 Å². The van der Waals surface area contributed by atoms with Crippen molar-refractivity contribution in [1.29, 1.82) is 0 Å². The summed E-state index contributed by atoms with van der Waals surface area (Å²) in [4.78, 5) is 43.0. The van der Waals surface area contributed by atoms with Gasteiger partial charge in [0, 0.05) is 37.0 Å². The number of amides is 3. The third kappa shape index (κ3) is 6.95. The van der Waals surface area contributed by atoms with Gasteiger partial charge in [0.15, 0.2) is 5.13 Å². The Hall–Kier alpha value is -2.74. The van der Waals surface area contributed by atoms with Crippen LogP contribution in [0, 0.1) is 0 Å². The number of nitrogens with one attached hydrogen (secondary N) is 2. The van der Waals surface area contributed by atoms with E-state index in [-0.39, 0.29) is 43.1 Å². The third-order valence-electron chi connectivity index (χ3n) is 5.22. The molecule has 3 amide bonds. The number of rotatable bonds is 10. The molecular weight excluding hydrogens is 400 g/mol. The lowest BCUT2D eigenvalue weighted by atomic mass is 10.1. The Bertz CT molecular complexity index is 820. The average molecular weight is 429 g/mol. The van der Waals surface area contributed by atoms with E-state index in [0.717, 1.165) is 37.7 Å². The zero-order valence-electron chi connectivity index (χ0n) is 17.0. The van der Waals surface area contributed by atoms with Crippen molar-refractivity contribution < 1.29 is 14.4 Å². The van der Waals surface area contributed by atoms with Crippen molar-refractivity contribution >= 4 is 34.2 Å². The van der Waals surface area contributed by atoms with Gasteiger partial charge in [-0.1, -0.05) is 43.2 Å². The van der Waals surface area contributed by atoms with Crippen molar-refractivity contribution in [2.24, 2.45) is 0 Å². The summed E-state index contributed by atoms with van der Waals surface area (Å²) in [5.74, 6) is -0.537. The quantitative estimate of drug-likeness (QED) is 0.609. The molecule has 2 N–H and O–H groups in total. The van der Waals surface area contributed by atoms with Crippen molar-refractivity contribution in [3.05, 3.63) is 47.5 Å². The van der Waals surface area contributed by atoms with E-state index in [0.29, 0.717) is 11.7 Å². The first kappa shape index (κ1) is 22.0. The van der Waals surface area contributed by atoms with Gasteiger partial charge >= 0.3 is 0 Å². The fraction of sp³-hybridized carbons (Fsp3) is 0.455. The number of aromatic nitrogens is 1. The van der Waals surface area contributed by atoms with Crippen LogP contribution in [0.3, 0.4) is 0 Å². The summed E-state index contributed by atoms with van der Waals surface area (Å²) in [6, 6.07) is 10.0. The highest BCUT2D eigenvalue weighted by Crippen LogP contribution is 2.24. The highest BCUT2D eigenvalue weighted by atomic mass is 32.1. The van der Waals surface area contributed by atoms with E-state index in [1.807, 2.05) is 30.3 Å². The molecule has 0 saturated heterocycles. The van der Waals surface area contributed by atoms with Crippen LogP contribution >= 0.6 is 11.3 Å². The SMILES string of the molecule is O=C(CN(C(=O)CCC(=O)Nc1nccs1)C1CCCC1)NCCc1ccccc1. The molecule has 1 aromatic carbocycles. The molecular formula is C22H28N4O3S. The van der Waals surface area contributed by atoms with Crippen LogP contribution in [0.4, 0.5) is 5.13 Å². The van der Waals surface area contributed by atoms with Gasteiger partial charge in [-0.05, 0) is 24.8 Å². The van der Waals surface area contributed by atoms with Gasteiger partial charge in [0.2, 0.25) is 17.7 Å². The Morgan fingerprint density at radius 3 is 2.53 bits per heavy atom. The summed E-state index contributed by atoms with van der Waals surface area (Å²) in [5, 5.41) is 7.91. The molecule has 8 heteroatoms. The van der Waals surface area contributed by atoms with Crippen LogP contribution in [0.2, 0.25) is 0 Å². The second-order valence-corrected chi connectivity index (χ2v) is 8.33.